The SMILES string of the molecule is NCCN(CC(F)(F)F)C(=O)c1ccccc1C(F)(F)F. The number of alkyl halides is 6. The van der Waals surface area contributed by atoms with Crippen LogP contribution in [0.4, 0.5) is 26.3 Å². The van der Waals surface area contributed by atoms with E-state index in [4.69, 9.17) is 5.73 Å². The van der Waals surface area contributed by atoms with Crippen molar-refractivity contribution in [1.82, 2.24) is 4.90 Å². The van der Waals surface area contributed by atoms with Crippen LogP contribution in [0.2, 0.25) is 0 Å². The van der Waals surface area contributed by atoms with E-state index in [0.717, 1.165) is 18.2 Å². The highest BCUT2D eigenvalue weighted by Crippen LogP contribution is 2.32. The first-order valence-corrected chi connectivity index (χ1v) is 5.78. The van der Waals surface area contributed by atoms with Crippen molar-refractivity contribution in [1.29, 1.82) is 0 Å². The maximum Gasteiger partial charge on any atom is 0.417 e. The average molecular weight is 314 g/mol. The number of carbonyl (C=O) groups is 1. The van der Waals surface area contributed by atoms with E-state index in [-0.39, 0.29) is 11.4 Å². The average Bonchev–Trinajstić information content (AvgIpc) is 2.35. The smallest absolute Gasteiger partial charge is 0.329 e. The minimum absolute atomic E-state index is 0.255. The van der Waals surface area contributed by atoms with Crippen LogP contribution in [0, 0.1) is 0 Å². The van der Waals surface area contributed by atoms with Crippen LogP contribution in [0.3, 0.4) is 0 Å². The minimum atomic E-state index is -4.83. The molecule has 0 aliphatic rings. The van der Waals surface area contributed by atoms with Gasteiger partial charge >= 0.3 is 12.4 Å². The molecule has 2 N–H and O–H groups in total. The Morgan fingerprint density at radius 2 is 1.67 bits per heavy atom. The first-order valence-electron chi connectivity index (χ1n) is 5.78. The Hall–Kier alpha value is -1.77. The summed E-state index contributed by atoms with van der Waals surface area (Å²) in [6.07, 6.45) is -9.56. The topological polar surface area (TPSA) is 46.3 Å². The van der Waals surface area contributed by atoms with Gasteiger partial charge in [-0.2, -0.15) is 26.3 Å². The largest absolute Gasteiger partial charge is 0.417 e. The highest BCUT2D eigenvalue weighted by Gasteiger charge is 2.38. The van der Waals surface area contributed by atoms with Gasteiger partial charge in [-0.1, -0.05) is 12.1 Å². The van der Waals surface area contributed by atoms with E-state index in [2.05, 4.69) is 0 Å². The van der Waals surface area contributed by atoms with Crippen LogP contribution in [0.25, 0.3) is 0 Å². The third kappa shape index (κ3) is 4.92. The van der Waals surface area contributed by atoms with Gasteiger partial charge in [0, 0.05) is 13.1 Å². The highest BCUT2D eigenvalue weighted by molar-refractivity contribution is 5.96. The van der Waals surface area contributed by atoms with Gasteiger partial charge in [-0.25, -0.2) is 0 Å². The molecule has 0 saturated carbocycles. The number of hydrogen-bond donors (Lipinski definition) is 1. The fourth-order valence-electron chi connectivity index (χ4n) is 1.71. The predicted molar refractivity (Wildman–Crippen MR) is 62.5 cm³/mol. The molecule has 118 valence electrons. The number of carbonyl (C=O) groups excluding carboxylic acids is 1. The quantitative estimate of drug-likeness (QED) is 0.869. The Kier molecular flexibility index (Phi) is 5.21. The molecule has 21 heavy (non-hydrogen) atoms. The summed E-state index contributed by atoms with van der Waals surface area (Å²) in [5, 5.41) is 0. The summed E-state index contributed by atoms with van der Waals surface area (Å²) in [6.45, 7) is -2.45. The molecule has 0 bridgehead atoms. The second-order valence-electron chi connectivity index (χ2n) is 4.17. The molecule has 0 heterocycles. The molecule has 0 unspecified atom stereocenters. The number of benzene rings is 1. The minimum Gasteiger partial charge on any atom is -0.329 e. The van der Waals surface area contributed by atoms with Gasteiger partial charge in [0.1, 0.15) is 6.54 Å². The molecule has 0 aliphatic carbocycles. The molecule has 0 radical (unpaired) electrons. The van der Waals surface area contributed by atoms with Crippen LogP contribution < -0.4 is 5.73 Å². The third-order valence-electron chi connectivity index (χ3n) is 2.52. The van der Waals surface area contributed by atoms with E-state index < -0.39 is 42.5 Å². The summed E-state index contributed by atoms with van der Waals surface area (Å²) in [5.41, 5.74) is 3.00. The summed E-state index contributed by atoms with van der Waals surface area (Å²) in [7, 11) is 0. The van der Waals surface area contributed by atoms with Crippen LogP contribution in [0.1, 0.15) is 15.9 Å². The van der Waals surface area contributed by atoms with E-state index in [0.29, 0.717) is 6.07 Å². The molecule has 0 aliphatic heterocycles. The summed E-state index contributed by atoms with van der Waals surface area (Å²) in [6, 6.07) is 3.68. The zero-order chi connectivity index (χ0) is 16.3. The van der Waals surface area contributed by atoms with E-state index in [1.54, 1.807) is 0 Å². The molecule has 0 atom stereocenters. The molecule has 0 aromatic heterocycles. The molecule has 1 aromatic rings. The third-order valence-corrected chi connectivity index (χ3v) is 2.52. The lowest BCUT2D eigenvalue weighted by atomic mass is 10.1. The first kappa shape index (κ1) is 17.3. The lowest BCUT2D eigenvalue weighted by molar-refractivity contribution is -0.141. The zero-order valence-corrected chi connectivity index (χ0v) is 10.6. The molecule has 1 rings (SSSR count). The van der Waals surface area contributed by atoms with Gasteiger partial charge in [0.25, 0.3) is 5.91 Å². The number of nitrogens with two attached hydrogens (primary N) is 1. The molecule has 1 amide bonds. The van der Waals surface area contributed by atoms with E-state index in [1.165, 1.54) is 0 Å². The molecule has 1 aromatic carbocycles. The number of rotatable bonds is 4. The Morgan fingerprint density at radius 3 is 2.14 bits per heavy atom. The molecule has 0 saturated heterocycles. The molecular formula is C12H12F6N2O. The second-order valence-corrected chi connectivity index (χ2v) is 4.17. The van der Waals surface area contributed by atoms with Gasteiger partial charge in [0.15, 0.2) is 0 Å². The maximum absolute atomic E-state index is 12.8. The number of hydrogen-bond acceptors (Lipinski definition) is 2. The van der Waals surface area contributed by atoms with E-state index >= 15 is 0 Å². The van der Waals surface area contributed by atoms with Crippen LogP contribution in [-0.2, 0) is 6.18 Å². The molecule has 3 nitrogen and oxygen atoms in total. The van der Waals surface area contributed by atoms with Crippen LogP contribution in [0.15, 0.2) is 24.3 Å². The zero-order valence-electron chi connectivity index (χ0n) is 10.6. The molecular weight excluding hydrogens is 302 g/mol. The van der Waals surface area contributed by atoms with Crippen molar-refractivity contribution in [3.8, 4) is 0 Å². The van der Waals surface area contributed by atoms with Gasteiger partial charge in [0.2, 0.25) is 0 Å². The van der Waals surface area contributed by atoms with Crippen molar-refractivity contribution < 1.29 is 31.1 Å². The van der Waals surface area contributed by atoms with Gasteiger partial charge in [-0.3, -0.25) is 4.79 Å². The Bertz CT molecular complexity index is 497. The number of amides is 1. The fraction of sp³-hybridized carbons (Fsp3) is 0.417. The first-order chi connectivity index (χ1) is 9.56. The van der Waals surface area contributed by atoms with E-state index in [9.17, 15) is 31.1 Å². The number of nitrogens with zero attached hydrogens (tertiary/aromatic N) is 1. The lowest BCUT2D eigenvalue weighted by Gasteiger charge is -2.24. The van der Waals surface area contributed by atoms with Crippen molar-refractivity contribution >= 4 is 5.91 Å². The molecule has 0 fully saturated rings. The summed E-state index contributed by atoms with van der Waals surface area (Å²) < 4.78 is 75.5. The standard InChI is InChI=1S/C12H12F6N2O/c13-11(14,15)7-20(6-5-19)10(21)8-3-1-2-4-9(8)12(16,17)18/h1-4H,5-7,19H2. The van der Waals surface area contributed by atoms with Crippen molar-refractivity contribution in [3.63, 3.8) is 0 Å². The van der Waals surface area contributed by atoms with Crippen molar-refractivity contribution in [2.45, 2.75) is 12.4 Å². The maximum atomic E-state index is 12.8. The summed E-state index contributed by atoms with van der Waals surface area (Å²) in [4.78, 5) is 12.2. The van der Waals surface area contributed by atoms with Gasteiger partial charge < -0.3 is 10.6 Å². The Labute approximate surface area is 116 Å². The van der Waals surface area contributed by atoms with Crippen LogP contribution in [-0.4, -0.2) is 36.6 Å². The summed E-state index contributed by atoms with van der Waals surface area (Å²) in [5.74, 6) is -1.36. The van der Waals surface area contributed by atoms with E-state index in [1.807, 2.05) is 0 Å². The lowest BCUT2D eigenvalue weighted by Crippen LogP contribution is -2.42. The van der Waals surface area contributed by atoms with Gasteiger partial charge in [-0.05, 0) is 12.1 Å². The monoisotopic (exact) mass is 314 g/mol. The number of halogens is 6. The Morgan fingerprint density at radius 1 is 1.10 bits per heavy atom. The normalized spacial score (nSPS) is 12.3. The van der Waals surface area contributed by atoms with Gasteiger partial charge in [-0.15, -0.1) is 0 Å². The van der Waals surface area contributed by atoms with Crippen molar-refractivity contribution in [2.75, 3.05) is 19.6 Å². The second kappa shape index (κ2) is 6.33. The van der Waals surface area contributed by atoms with Crippen LogP contribution in [0.5, 0.6) is 0 Å². The predicted octanol–water partition coefficient (Wildman–Crippen LogP) is 2.67. The molecule has 0 spiro atoms. The summed E-state index contributed by atoms with van der Waals surface area (Å²) >= 11 is 0. The van der Waals surface area contributed by atoms with Crippen molar-refractivity contribution in [2.24, 2.45) is 5.73 Å². The Balaban J connectivity index is 3.16. The van der Waals surface area contributed by atoms with Crippen LogP contribution >= 0.6 is 0 Å². The van der Waals surface area contributed by atoms with Crippen molar-refractivity contribution in [3.05, 3.63) is 35.4 Å². The van der Waals surface area contributed by atoms with Gasteiger partial charge in [0.05, 0.1) is 11.1 Å². The fourth-order valence-corrected chi connectivity index (χ4v) is 1.71. The highest BCUT2D eigenvalue weighted by atomic mass is 19.4. The molecule has 9 heteroatoms.